The minimum Gasteiger partial charge on any atom is -0.477 e. The molecule has 1 aromatic carbocycles. The van der Waals surface area contributed by atoms with Gasteiger partial charge in [-0.3, -0.25) is 4.79 Å². The zero-order valence-electron chi connectivity index (χ0n) is 17.8. The maximum absolute atomic E-state index is 13.1. The molecule has 32 heavy (non-hydrogen) atoms. The molecule has 1 aliphatic rings. The number of nitrogens with zero attached hydrogens (tertiary/aromatic N) is 4. The standard InChI is InChI=1S/C21H24F2N6O3/c1-3-31-18-14-6-7-24-17(14)26-21(27-18)25-15-5-4-13(12-16(15)32-20(22)23)19(30)29-10-8-28(2)9-11-29/h4-7,12,20H,3,8-11H2,1-2H3,(H2,24,25,26,27). The van der Waals surface area contributed by atoms with Crippen molar-refractivity contribution in [2.75, 3.05) is 45.2 Å². The Labute approximate surface area is 183 Å². The SMILES string of the molecule is CCOc1nc(Nc2ccc(C(=O)N3CCN(C)CC3)cc2OC(F)F)nc2[nH]ccc12. The van der Waals surface area contributed by atoms with E-state index < -0.39 is 6.61 Å². The number of carbonyl (C=O) groups is 1. The molecule has 0 radical (unpaired) electrons. The number of rotatable bonds is 7. The van der Waals surface area contributed by atoms with Crippen LogP contribution in [0.1, 0.15) is 17.3 Å². The number of carbonyl (C=O) groups excluding carboxylic acids is 1. The number of amides is 1. The molecule has 0 aliphatic carbocycles. The van der Waals surface area contributed by atoms with Crippen LogP contribution in [0, 0.1) is 0 Å². The molecule has 1 fully saturated rings. The highest BCUT2D eigenvalue weighted by Gasteiger charge is 2.22. The van der Waals surface area contributed by atoms with Gasteiger partial charge in [0, 0.05) is 37.9 Å². The molecular formula is C21H24F2N6O3. The van der Waals surface area contributed by atoms with Gasteiger partial charge in [0.25, 0.3) is 5.91 Å². The lowest BCUT2D eigenvalue weighted by molar-refractivity contribution is -0.0494. The van der Waals surface area contributed by atoms with Gasteiger partial charge in [0.2, 0.25) is 11.8 Å². The molecule has 3 aromatic rings. The van der Waals surface area contributed by atoms with Crippen LogP contribution in [0.25, 0.3) is 11.0 Å². The van der Waals surface area contributed by atoms with E-state index in [4.69, 9.17) is 9.47 Å². The number of hydrogen-bond acceptors (Lipinski definition) is 7. The molecule has 170 valence electrons. The molecule has 0 saturated carbocycles. The average molecular weight is 446 g/mol. The molecule has 0 bridgehead atoms. The quantitative estimate of drug-likeness (QED) is 0.576. The van der Waals surface area contributed by atoms with E-state index in [9.17, 15) is 13.6 Å². The molecule has 4 rings (SSSR count). The van der Waals surface area contributed by atoms with E-state index in [1.165, 1.54) is 12.1 Å². The molecule has 1 amide bonds. The molecule has 0 unspecified atom stereocenters. The Kier molecular flexibility index (Phi) is 6.35. The van der Waals surface area contributed by atoms with Gasteiger partial charge >= 0.3 is 6.61 Å². The number of aromatic amines is 1. The number of halogens is 2. The molecule has 0 spiro atoms. The zero-order chi connectivity index (χ0) is 22.7. The fourth-order valence-corrected chi connectivity index (χ4v) is 3.48. The van der Waals surface area contributed by atoms with Gasteiger partial charge in [-0.1, -0.05) is 0 Å². The van der Waals surface area contributed by atoms with Crippen molar-refractivity contribution in [3.8, 4) is 11.6 Å². The van der Waals surface area contributed by atoms with Crippen LogP contribution in [0.5, 0.6) is 11.6 Å². The summed E-state index contributed by atoms with van der Waals surface area (Å²) in [5.74, 6) is 0.0969. The first-order valence-corrected chi connectivity index (χ1v) is 10.3. The number of likely N-dealkylation sites (N-methyl/N-ethyl adjacent to an activating group) is 1. The summed E-state index contributed by atoms with van der Waals surface area (Å²) in [6.07, 6.45) is 1.70. The lowest BCUT2D eigenvalue weighted by Crippen LogP contribution is -2.47. The molecule has 2 aromatic heterocycles. The summed E-state index contributed by atoms with van der Waals surface area (Å²) < 4.78 is 36.4. The van der Waals surface area contributed by atoms with Gasteiger partial charge in [-0.25, -0.2) is 0 Å². The Hall–Kier alpha value is -3.47. The van der Waals surface area contributed by atoms with Crippen LogP contribution in [0.2, 0.25) is 0 Å². The van der Waals surface area contributed by atoms with E-state index >= 15 is 0 Å². The molecule has 11 heteroatoms. The first-order chi connectivity index (χ1) is 15.4. The smallest absolute Gasteiger partial charge is 0.387 e. The van der Waals surface area contributed by atoms with Gasteiger partial charge in [0.15, 0.2) is 0 Å². The van der Waals surface area contributed by atoms with Crippen molar-refractivity contribution in [2.45, 2.75) is 13.5 Å². The maximum Gasteiger partial charge on any atom is 0.387 e. The summed E-state index contributed by atoms with van der Waals surface area (Å²) >= 11 is 0. The molecule has 2 N–H and O–H groups in total. The number of alkyl halides is 2. The van der Waals surface area contributed by atoms with Crippen LogP contribution in [-0.2, 0) is 0 Å². The Morgan fingerprint density at radius 2 is 2.00 bits per heavy atom. The second-order valence-electron chi connectivity index (χ2n) is 7.34. The third-order valence-corrected chi connectivity index (χ3v) is 5.14. The number of hydrogen-bond donors (Lipinski definition) is 2. The van der Waals surface area contributed by atoms with Crippen molar-refractivity contribution in [1.29, 1.82) is 0 Å². The normalized spacial score (nSPS) is 14.7. The first-order valence-electron chi connectivity index (χ1n) is 10.3. The highest BCUT2D eigenvalue weighted by Crippen LogP contribution is 2.32. The zero-order valence-corrected chi connectivity index (χ0v) is 17.8. The van der Waals surface area contributed by atoms with Crippen LogP contribution in [0.3, 0.4) is 0 Å². The number of piperazine rings is 1. The molecule has 0 atom stereocenters. The lowest BCUT2D eigenvalue weighted by atomic mass is 10.1. The van der Waals surface area contributed by atoms with Gasteiger partial charge in [-0.05, 0) is 38.2 Å². The summed E-state index contributed by atoms with van der Waals surface area (Å²) in [5, 5.41) is 3.60. The van der Waals surface area contributed by atoms with E-state index in [-0.39, 0.29) is 28.9 Å². The fourth-order valence-electron chi connectivity index (χ4n) is 3.48. The minimum absolute atomic E-state index is 0.140. The van der Waals surface area contributed by atoms with Crippen molar-refractivity contribution in [3.63, 3.8) is 0 Å². The fraction of sp³-hybridized carbons (Fsp3) is 0.381. The van der Waals surface area contributed by atoms with Gasteiger partial charge in [0.1, 0.15) is 11.4 Å². The highest BCUT2D eigenvalue weighted by atomic mass is 19.3. The van der Waals surface area contributed by atoms with Crippen LogP contribution >= 0.6 is 0 Å². The van der Waals surface area contributed by atoms with E-state index in [1.54, 1.807) is 23.2 Å². The first kappa shape index (κ1) is 21.8. The van der Waals surface area contributed by atoms with E-state index in [1.807, 2.05) is 14.0 Å². The summed E-state index contributed by atoms with van der Waals surface area (Å²) in [4.78, 5) is 28.3. The van der Waals surface area contributed by atoms with E-state index in [0.29, 0.717) is 36.6 Å². The van der Waals surface area contributed by atoms with Gasteiger partial charge in [-0.2, -0.15) is 18.7 Å². The predicted octanol–water partition coefficient (Wildman–Crippen LogP) is 3.09. The number of benzene rings is 1. The summed E-state index contributed by atoms with van der Waals surface area (Å²) in [6, 6.07) is 6.17. The summed E-state index contributed by atoms with van der Waals surface area (Å²) in [5.41, 5.74) is 1.00. The van der Waals surface area contributed by atoms with Crippen molar-refractivity contribution in [2.24, 2.45) is 0 Å². The van der Waals surface area contributed by atoms with Crippen molar-refractivity contribution >= 4 is 28.6 Å². The van der Waals surface area contributed by atoms with Crippen LogP contribution in [0.4, 0.5) is 20.4 Å². The predicted molar refractivity (Wildman–Crippen MR) is 115 cm³/mol. The number of aromatic nitrogens is 3. The van der Waals surface area contributed by atoms with E-state index in [0.717, 1.165) is 13.1 Å². The van der Waals surface area contributed by atoms with Gasteiger partial charge in [0.05, 0.1) is 17.7 Å². The highest BCUT2D eigenvalue weighted by molar-refractivity contribution is 5.95. The van der Waals surface area contributed by atoms with Crippen molar-refractivity contribution in [3.05, 3.63) is 36.0 Å². The lowest BCUT2D eigenvalue weighted by Gasteiger charge is -2.32. The Morgan fingerprint density at radius 1 is 1.22 bits per heavy atom. The second-order valence-corrected chi connectivity index (χ2v) is 7.34. The summed E-state index contributed by atoms with van der Waals surface area (Å²) in [6.45, 7) is 1.84. The monoisotopic (exact) mass is 446 g/mol. The van der Waals surface area contributed by atoms with Crippen LogP contribution < -0.4 is 14.8 Å². The number of fused-ring (bicyclic) bond motifs is 1. The number of ether oxygens (including phenoxy) is 2. The summed E-state index contributed by atoms with van der Waals surface area (Å²) in [7, 11) is 1.99. The molecule has 9 nitrogen and oxygen atoms in total. The number of anilines is 2. The average Bonchev–Trinajstić information content (AvgIpc) is 3.24. The number of nitrogens with one attached hydrogen (secondary N) is 2. The second kappa shape index (κ2) is 9.35. The molecule has 3 heterocycles. The van der Waals surface area contributed by atoms with Gasteiger partial charge in [-0.15, -0.1) is 0 Å². The number of H-pyrrole nitrogens is 1. The molecule has 1 saturated heterocycles. The molecular weight excluding hydrogens is 422 g/mol. The van der Waals surface area contributed by atoms with E-state index in [2.05, 4.69) is 25.2 Å². The third kappa shape index (κ3) is 4.72. The Balaban J connectivity index is 1.62. The Morgan fingerprint density at radius 3 is 2.72 bits per heavy atom. The minimum atomic E-state index is -3.06. The topological polar surface area (TPSA) is 95.6 Å². The molecule has 1 aliphatic heterocycles. The van der Waals surface area contributed by atoms with Crippen LogP contribution in [-0.4, -0.2) is 77.1 Å². The van der Waals surface area contributed by atoms with Crippen LogP contribution in [0.15, 0.2) is 30.5 Å². The van der Waals surface area contributed by atoms with Crippen molar-refractivity contribution < 1.29 is 23.0 Å². The Bertz CT molecular complexity index is 1100. The third-order valence-electron chi connectivity index (χ3n) is 5.14. The maximum atomic E-state index is 13.1. The van der Waals surface area contributed by atoms with Crippen molar-refractivity contribution in [1.82, 2.24) is 24.8 Å². The van der Waals surface area contributed by atoms with Gasteiger partial charge < -0.3 is 29.6 Å². The largest absolute Gasteiger partial charge is 0.477 e.